The van der Waals surface area contributed by atoms with Crippen molar-refractivity contribution in [3.8, 4) is 11.1 Å². The van der Waals surface area contributed by atoms with Gasteiger partial charge in [-0.1, -0.05) is 44.2 Å². The Morgan fingerprint density at radius 1 is 1.05 bits per heavy atom. The molecule has 112 valence electrons. The van der Waals surface area contributed by atoms with Crippen LogP contribution in [0.4, 0.5) is 0 Å². The van der Waals surface area contributed by atoms with Gasteiger partial charge in [-0.2, -0.15) is 0 Å². The second kappa shape index (κ2) is 5.76. The van der Waals surface area contributed by atoms with E-state index in [2.05, 4.69) is 32.3 Å². The van der Waals surface area contributed by atoms with Crippen molar-refractivity contribution in [1.82, 2.24) is 4.57 Å². The smallest absolute Gasteiger partial charge is 0.251 e. The summed E-state index contributed by atoms with van der Waals surface area (Å²) in [5.74, 6) is 0.128. The second-order valence-electron chi connectivity index (χ2n) is 6.01. The van der Waals surface area contributed by atoms with Gasteiger partial charge < -0.3 is 10.3 Å². The number of amides is 1. The van der Waals surface area contributed by atoms with Crippen molar-refractivity contribution in [2.75, 3.05) is 0 Å². The molecule has 1 aromatic carbocycles. The molecule has 1 unspecified atom stereocenters. The number of benzene rings is 1. The van der Waals surface area contributed by atoms with Crippen molar-refractivity contribution < 1.29 is 4.79 Å². The van der Waals surface area contributed by atoms with E-state index < -0.39 is 0 Å². The highest BCUT2D eigenvalue weighted by Gasteiger charge is 2.25. The zero-order valence-electron chi connectivity index (χ0n) is 13.5. The third kappa shape index (κ3) is 2.60. The average Bonchev–Trinajstić information content (AvgIpc) is 2.70. The lowest BCUT2D eigenvalue weighted by Gasteiger charge is -2.22. The van der Waals surface area contributed by atoms with E-state index in [1.165, 1.54) is 0 Å². The molecule has 21 heavy (non-hydrogen) atoms. The van der Waals surface area contributed by atoms with E-state index in [9.17, 15) is 4.79 Å². The number of aromatic nitrogens is 1. The first-order valence-electron chi connectivity index (χ1n) is 7.42. The summed E-state index contributed by atoms with van der Waals surface area (Å²) in [7, 11) is 0. The van der Waals surface area contributed by atoms with Crippen molar-refractivity contribution in [2.45, 2.75) is 40.7 Å². The maximum Gasteiger partial charge on any atom is 0.251 e. The monoisotopic (exact) mass is 284 g/mol. The van der Waals surface area contributed by atoms with E-state index in [-0.39, 0.29) is 5.91 Å². The standard InChI is InChI=1S/C18H24N2O/c1-11(2)12(3)20-13(4)16(15-9-7-6-8-10-15)17(14(20)5)18(19)21/h6-12H,1-5H3,(H2,19,21). The fraction of sp³-hybridized carbons (Fsp3) is 0.389. The maximum absolute atomic E-state index is 12.0. The Kier molecular flexibility index (Phi) is 4.21. The molecule has 0 aliphatic rings. The molecule has 3 nitrogen and oxygen atoms in total. The first-order valence-corrected chi connectivity index (χ1v) is 7.42. The third-order valence-corrected chi connectivity index (χ3v) is 4.38. The van der Waals surface area contributed by atoms with Crippen molar-refractivity contribution >= 4 is 5.91 Å². The van der Waals surface area contributed by atoms with Crippen LogP contribution in [0.1, 0.15) is 48.6 Å². The first-order chi connectivity index (χ1) is 9.86. The van der Waals surface area contributed by atoms with Crippen LogP contribution >= 0.6 is 0 Å². The molecule has 0 fully saturated rings. The summed E-state index contributed by atoms with van der Waals surface area (Å²) in [6, 6.07) is 10.3. The molecule has 2 N–H and O–H groups in total. The van der Waals surface area contributed by atoms with Gasteiger partial charge in [-0.05, 0) is 32.3 Å². The Balaban J connectivity index is 2.76. The van der Waals surface area contributed by atoms with Crippen LogP contribution in [0.5, 0.6) is 0 Å². The van der Waals surface area contributed by atoms with Gasteiger partial charge in [0, 0.05) is 23.0 Å². The van der Waals surface area contributed by atoms with Crippen molar-refractivity contribution in [3.63, 3.8) is 0 Å². The van der Waals surface area contributed by atoms with Crippen LogP contribution in [0.2, 0.25) is 0 Å². The van der Waals surface area contributed by atoms with Crippen LogP contribution in [-0.2, 0) is 0 Å². The van der Waals surface area contributed by atoms with Gasteiger partial charge in [0.25, 0.3) is 5.91 Å². The first kappa shape index (κ1) is 15.4. The summed E-state index contributed by atoms with van der Waals surface area (Å²) in [5, 5.41) is 0. The van der Waals surface area contributed by atoms with E-state index in [0.717, 1.165) is 22.5 Å². The van der Waals surface area contributed by atoms with Crippen molar-refractivity contribution in [3.05, 3.63) is 47.3 Å². The number of rotatable bonds is 4. The molecule has 1 aromatic heterocycles. The van der Waals surface area contributed by atoms with Gasteiger partial charge in [0.05, 0.1) is 5.56 Å². The topological polar surface area (TPSA) is 48.0 Å². The van der Waals surface area contributed by atoms with E-state index in [0.29, 0.717) is 17.5 Å². The predicted octanol–water partition coefficient (Wildman–Crippen LogP) is 4.09. The summed E-state index contributed by atoms with van der Waals surface area (Å²) < 4.78 is 2.24. The molecule has 2 rings (SSSR count). The van der Waals surface area contributed by atoms with Gasteiger partial charge >= 0.3 is 0 Å². The molecular weight excluding hydrogens is 260 g/mol. The van der Waals surface area contributed by atoms with Gasteiger partial charge in [-0.25, -0.2) is 0 Å². The molecule has 2 aromatic rings. The normalized spacial score (nSPS) is 12.7. The van der Waals surface area contributed by atoms with Gasteiger partial charge in [-0.3, -0.25) is 4.79 Å². The van der Waals surface area contributed by atoms with Gasteiger partial charge in [0.15, 0.2) is 0 Å². The molecule has 3 heteroatoms. The molecule has 0 radical (unpaired) electrons. The zero-order valence-corrected chi connectivity index (χ0v) is 13.5. The number of carbonyl (C=O) groups excluding carboxylic acids is 1. The number of nitrogens with two attached hydrogens (primary N) is 1. The number of nitrogens with zero attached hydrogens (tertiary/aromatic N) is 1. The maximum atomic E-state index is 12.0. The van der Waals surface area contributed by atoms with E-state index in [1.54, 1.807) is 0 Å². The number of hydrogen-bond acceptors (Lipinski definition) is 1. The van der Waals surface area contributed by atoms with Crippen molar-refractivity contribution in [1.29, 1.82) is 0 Å². The molecule has 0 saturated heterocycles. The fourth-order valence-corrected chi connectivity index (χ4v) is 3.02. The van der Waals surface area contributed by atoms with E-state index >= 15 is 0 Å². The molecular formula is C18H24N2O. The second-order valence-corrected chi connectivity index (χ2v) is 6.01. The Morgan fingerprint density at radius 2 is 1.62 bits per heavy atom. The number of carbonyl (C=O) groups is 1. The summed E-state index contributed by atoms with van der Waals surface area (Å²) >= 11 is 0. The minimum atomic E-state index is -0.357. The predicted molar refractivity (Wildman–Crippen MR) is 87.4 cm³/mol. The number of primary amides is 1. The summed E-state index contributed by atoms with van der Waals surface area (Å²) in [6.07, 6.45) is 0. The van der Waals surface area contributed by atoms with Crippen LogP contribution in [-0.4, -0.2) is 10.5 Å². The lowest BCUT2D eigenvalue weighted by atomic mass is 10.0. The number of hydrogen-bond donors (Lipinski definition) is 1. The van der Waals surface area contributed by atoms with Gasteiger partial charge in [0.2, 0.25) is 0 Å². The Labute approximate surface area is 126 Å². The SMILES string of the molecule is Cc1c(C(N)=O)c(-c2ccccc2)c(C)n1C(C)C(C)C. The molecule has 0 bridgehead atoms. The molecule has 0 aliphatic heterocycles. The highest BCUT2D eigenvalue weighted by Crippen LogP contribution is 2.35. The van der Waals surface area contributed by atoms with Crippen LogP contribution in [0.3, 0.4) is 0 Å². The Morgan fingerprint density at radius 3 is 2.10 bits per heavy atom. The minimum Gasteiger partial charge on any atom is -0.366 e. The summed E-state index contributed by atoms with van der Waals surface area (Å²) in [4.78, 5) is 12.0. The average molecular weight is 284 g/mol. The third-order valence-electron chi connectivity index (χ3n) is 4.38. The lowest BCUT2D eigenvalue weighted by molar-refractivity contribution is 0.1000. The quantitative estimate of drug-likeness (QED) is 0.903. The van der Waals surface area contributed by atoms with Crippen molar-refractivity contribution in [2.24, 2.45) is 11.7 Å². The van der Waals surface area contributed by atoms with Gasteiger partial charge in [-0.15, -0.1) is 0 Å². The highest BCUT2D eigenvalue weighted by molar-refractivity contribution is 6.02. The van der Waals surface area contributed by atoms with E-state index in [1.807, 2.05) is 37.3 Å². The molecule has 0 saturated carbocycles. The Hall–Kier alpha value is -2.03. The summed E-state index contributed by atoms with van der Waals surface area (Å²) in [5.41, 5.74) is 10.4. The van der Waals surface area contributed by atoms with Gasteiger partial charge in [0.1, 0.15) is 0 Å². The van der Waals surface area contributed by atoms with Crippen LogP contribution in [0.15, 0.2) is 30.3 Å². The molecule has 0 aliphatic carbocycles. The van der Waals surface area contributed by atoms with Crippen LogP contribution in [0.25, 0.3) is 11.1 Å². The van der Waals surface area contributed by atoms with Crippen LogP contribution < -0.4 is 5.73 Å². The molecule has 1 amide bonds. The lowest BCUT2D eigenvalue weighted by Crippen LogP contribution is -2.16. The van der Waals surface area contributed by atoms with Crippen LogP contribution in [0, 0.1) is 19.8 Å². The zero-order chi connectivity index (χ0) is 15.7. The largest absolute Gasteiger partial charge is 0.366 e. The minimum absolute atomic E-state index is 0.320. The van der Waals surface area contributed by atoms with E-state index in [4.69, 9.17) is 5.73 Å². The molecule has 1 heterocycles. The fourth-order valence-electron chi connectivity index (χ4n) is 3.02. The molecule has 0 spiro atoms. The molecule has 1 atom stereocenters. The summed E-state index contributed by atoms with van der Waals surface area (Å²) in [6.45, 7) is 10.6. The Bertz CT molecular complexity index is 654. The highest BCUT2D eigenvalue weighted by atomic mass is 16.1.